The highest BCUT2D eigenvalue weighted by molar-refractivity contribution is 7.99. The predicted octanol–water partition coefficient (Wildman–Crippen LogP) is 5.28. The van der Waals surface area contributed by atoms with Gasteiger partial charge in [0, 0.05) is 9.79 Å². The third-order valence-corrected chi connectivity index (χ3v) is 7.15. The second kappa shape index (κ2) is 9.51. The zero-order valence-corrected chi connectivity index (χ0v) is 18.9. The molecule has 0 atom stereocenters. The van der Waals surface area contributed by atoms with Crippen LogP contribution in [0.1, 0.15) is 5.56 Å². The van der Waals surface area contributed by atoms with E-state index >= 15 is 0 Å². The van der Waals surface area contributed by atoms with Crippen LogP contribution >= 0.6 is 23.5 Å². The molecule has 4 aromatic rings. The quantitative estimate of drug-likeness (QED) is 0.396. The molecule has 1 aromatic heterocycles. The van der Waals surface area contributed by atoms with Crippen LogP contribution in [0.25, 0.3) is 0 Å². The van der Waals surface area contributed by atoms with Gasteiger partial charge in [0.2, 0.25) is 5.95 Å². The fraction of sp³-hybridized carbons (Fsp3) is 0.0455. The standard InChI is InChI=1S/C22H18N4O2S3/c1-16-12-14-19(15-13-16)31(27,28)26-20-23-21(29-17-8-4-2-5-9-17)25-22(24-20)30-18-10-6-3-7-11-18/h2-15H,1H3,(H,23,24,25,26). The Labute approximate surface area is 189 Å². The summed E-state index contributed by atoms with van der Waals surface area (Å²) in [5.41, 5.74) is 0.974. The molecule has 3 aromatic carbocycles. The number of aryl methyl sites for hydroxylation is 1. The van der Waals surface area contributed by atoms with Crippen molar-refractivity contribution < 1.29 is 8.42 Å². The van der Waals surface area contributed by atoms with E-state index in [1.165, 1.54) is 23.5 Å². The van der Waals surface area contributed by atoms with Crippen molar-refractivity contribution in [1.82, 2.24) is 15.0 Å². The van der Waals surface area contributed by atoms with Crippen LogP contribution in [0.3, 0.4) is 0 Å². The molecule has 4 rings (SSSR count). The van der Waals surface area contributed by atoms with Crippen molar-refractivity contribution in [2.24, 2.45) is 0 Å². The summed E-state index contributed by atoms with van der Waals surface area (Å²) in [5, 5.41) is 0.808. The van der Waals surface area contributed by atoms with Crippen LogP contribution in [0.5, 0.6) is 0 Å². The van der Waals surface area contributed by atoms with E-state index in [1.807, 2.05) is 67.6 Å². The number of nitrogens with zero attached hydrogens (tertiary/aromatic N) is 3. The van der Waals surface area contributed by atoms with Gasteiger partial charge in [0.05, 0.1) is 4.90 Å². The second-order valence-corrected chi connectivity index (χ2v) is 10.2. The average molecular weight is 467 g/mol. The number of benzene rings is 3. The molecule has 0 aliphatic heterocycles. The molecule has 156 valence electrons. The average Bonchev–Trinajstić information content (AvgIpc) is 2.75. The van der Waals surface area contributed by atoms with Crippen LogP contribution in [-0.2, 0) is 10.0 Å². The maximum absolute atomic E-state index is 12.8. The molecule has 1 heterocycles. The van der Waals surface area contributed by atoms with Crippen LogP contribution in [-0.4, -0.2) is 23.4 Å². The molecule has 0 aliphatic rings. The van der Waals surface area contributed by atoms with Gasteiger partial charge >= 0.3 is 0 Å². The van der Waals surface area contributed by atoms with Crippen molar-refractivity contribution in [2.75, 3.05) is 4.72 Å². The van der Waals surface area contributed by atoms with Gasteiger partial charge in [-0.3, -0.25) is 0 Å². The molecule has 31 heavy (non-hydrogen) atoms. The van der Waals surface area contributed by atoms with Crippen LogP contribution < -0.4 is 4.72 Å². The van der Waals surface area contributed by atoms with Crippen LogP contribution in [0, 0.1) is 6.92 Å². The van der Waals surface area contributed by atoms with Crippen LogP contribution in [0.4, 0.5) is 5.95 Å². The van der Waals surface area contributed by atoms with Gasteiger partial charge in [0.15, 0.2) is 10.3 Å². The lowest BCUT2D eigenvalue weighted by molar-refractivity contribution is 0.600. The van der Waals surface area contributed by atoms with Gasteiger partial charge in [-0.15, -0.1) is 0 Å². The summed E-state index contributed by atoms with van der Waals surface area (Å²) in [6, 6.07) is 25.9. The Morgan fingerprint density at radius 1 is 0.677 bits per heavy atom. The van der Waals surface area contributed by atoms with E-state index in [1.54, 1.807) is 24.3 Å². The SMILES string of the molecule is Cc1ccc(S(=O)(=O)Nc2nc(Sc3ccccc3)nc(Sc3ccccc3)n2)cc1. The topological polar surface area (TPSA) is 84.8 Å². The first-order chi connectivity index (χ1) is 15.0. The van der Waals surface area contributed by atoms with Crippen molar-refractivity contribution in [3.8, 4) is 0 Å². The van der Waals surface area contributed by atoms with E-state index in [9.17, 15) is 8.42 Å². The van der Waals surface area contributed by atoms with Gasteiger partial charge in [-0.05, 0) is 66.8 Å². The van der Waals surface area contributed by atoms with Gasteiger partial charge in [0.25, 0.3) is 10.0 Å². The molecule has 6 nitrogen and oxygen atoms in total. The van der Waals surface area contributed by atoms with E-state index < -0.39 is 10.0 Å². The molecule has 1 N–H and O–H groups in total. The zero-order valence-electron chi connectivity index (χ0n) is 16.5. The van der Waals surface area contributed by atoms with Crippen molar-refractivity contribution >= 4 is 39.5 Å². The lowest BCUT2D eigenvalue weighted by Gasteiger charge is -2.10. The monoisotopic (exact) mass is 466 g/mol. The highest BCUT2D eigenvalue weighted by atomic mass is 32.2. The first kappa shape index (κ1) is 21.4. The minimum atomic E-state index is -3.83. The Kier molecular flexibility index (Phi) is 6.55. The Morgan fingerprint density at radius 2 is 1.16 bits per heavy atom. The van der Waals surface area contributed by atoms with Crippen molar-refractivity contribution in [3.63, 3.8) is 0 Å². The molecule has 0 amide bonds. The Bertz CT molecular complexity index is 1210. The normalized spacial score (nSPS) is 11.3. The van der Waals surface area contributed by atoms with Gasteiger partial charge in [-0.2, -0.15) is 15.0 Å². The lowest BCUT2D eigenvalue weighted by atomic mass is 10.2. The Balaban J connectivity index is 1.67. The molecular formula is C22H18N4O2S3. The van der Waals surface area contributed by atoms with E-state index in [-0.39, 0.29) is 10.8 Å². The summed E-state index contributed by atoms with van der Waals surface area (Å²) in [6.45, 7) is 1.90. The van der Waals surface area contributed by atoms with E-state index in [4.69, 9.17) is 0 Å². The second-order valence-electron chi connectivity index (χ2n) is 6.47. The maximum Gasteiger partial charge on any atom is 0.264 e. The molecule has 0 radical (unpaired) electrons. The number of hydrogen-bond acceptors (Lipinski definition) is 7. The van der Waals surface area contributed by atoms with Gasteiger partial charge in [-0.25, -0.2) is 13.1 Å². The van der Waals surface area contributed by atoms with E-state index in [0.29, 0.717) is 10.3 Å². The first-order valence-corrected chi connectivity index (χ1v) is 12.4. The van der Waals surface area contributed by atoms with Gasteiger partial charge < -0.3 is 0 Å². The van der Waals surface area contributed by atoms with Crippen molar-refractivity contribution in [3.05, 3.63) is 90.5 Å². The van der Waals surface area contributed by atoms with Gasteiger partial charge in [0.1, 0.15) is 0 Å². The molecule has 0 bridgehead atoms. The third kappa shape index (κ3) is 5.84. The minimum absolute atomic E-state index is 0.0209. The van der Waals surface area contributed by atoms with E-state index in [0.717, 1.165) is 15.4 Å². The summed E-state index contributed by atoms with van der Waals surface area (Å²) in [4.78, 5) is 15.2. The number of aromatic nitrogens is 3. The maximum atomic E-state index is 12.8. The van der Waals surface area contributed by atoms with Crippen LogP contribution in [0.2, 0.25) is 0 Å². The molecule has 0 aliphatic carbocycles. The number of hydrogen-bond donors (Lipinski definition) is 1. The Hall–Kier alpha value is -2.88. The fourth-order valence-electron chi connectivity index (χ4n) is 2.56. The van der Waals surface area contributed by atoms with E-state index in [2.05, 4.69) is 19.7 Å². The molecule has 0 fully saturated rings. The molecule has 0 spiro atoms. The summed E-state index contributed by atoms with van der Waals surface area (Å²) in [7, 11) is -3.83. The van der Waals surface area contributed by atoms with Gasteiger partial charge in [-0.1, -0.05) is 54.1 Å². The number of sulfonamides is 1. The molecule has 0 unspecified atom stereocenters. The highest BCUT2D eigenvalue weighted by Gasteiger charge is 2.18. The predicted molar refractivity (Wildman–Crippen MR) is 123 cm³/mol. The Morgan fingerprint density at radius 3 is 1.65 bits per heavy atom. The minimum Gasteiger partial charge on any atom is -0.247 e. The summed E-state index contributed by atoms with van der Waals surface area (Å²) in [6.07, 6.45) is 0. The van der Waals surface area contributed by atoms with Crippen molar-refractivity contribution in [2.45, 2.75) is 31.9 Å². The largest absolute Gasteiger partial charge is 0.264 e. The summed E-state index contributed by atoms with van der Waals surface area (Å²) < 4.78 is 28.1. The number of anilines is 1. The van der Waals surface area contributed by atoms with Crippen molar-refractivity contribution in [1.29, 1.82) is 0 Å². The smallest absolute Gasteiger partial charge is 0.247 e. The first-order valence-electron chi connectivity index (χ1n) is 9.29. The number of nitrogens with one attached hydrogen (secondary N) is 1. The molecule has 9 heteroatoms. The summed E-state index contributed by atoms with van der Waals surface area (Å²) in [5.74, 6) is -0.0209. The zero-order chi connectivity index (χ0) is 21.7. The van der Waals surface area contributed by atoms with Crippen LogP contribution in [0.15, 0.2) is 110 Å². The summed E-state index contributed by atoms with van der Waals surface area (Å²) >= 11 is 2.68. The molecule has 0 saturated heterocycles. The lowest BCUT2D eigenvalue weighted by Crippen LogP contribution is -2.16. The molecular weight excluding hydrogens is 448 g/mol. The highest BCUT2D eigenvalue weighted by Crippen LogP contribution is 2.30. The third-order valence-electron chi connectivity index (χ3n) is 4.06. The fourth-order valence-corrected chi connectivity index (χ4v) is 5.10. The molecule has 0 saturated carbocycles. The number of rotatable bonds is 7.